The minimum atomic E-state index is 0. The van der Waals surface area contributed by atoms with Gasteiger partial charge in [0, 0.05) is 22.8 Å². The number of halogens is 1. The molecule has 2 aromatic heterocycles. The van der Waals surface area contributed by atoms with Gasteiger partial charge in [-0.05, 0) is 58.1 Å². The number of guanidine groups is 1. The molecule has 0 amide bonds. The third kappa shape index (κ3) is 6.40. The first kappa shape index (κ1) is 22.6. The Hall–Kier alpha value is -0.710. The molecule has 1 fully saturated rings. The molecule has 3 heterocycles. The molecule has 0 bridgehead atoms. The molecule has 0 saturated carbocycles. The highest BCUT2D eigenvalue weighted by molar-refractivity contribution is 14.0. The van der Waals surface area contributed by atoms with Crippen LogP contribution >= 0.6 is 46.7 Å². The summed E-state index contributed by atoms with van der Waals surface area (Å²) in [5.41, 5.74) is 1.10. The Morgan fingerprint density at radius 3 is 2.67 bits per heavy atom. The Morgan fingerprint density at radius 2 is 2.07 bits per heavy atom. The van der Waals surface area contributed by atoms with Crippen molar-refractivity contribution in [3.8, 4) is 0 Å². The smallest absolute Gasteiger partial charge is 0.191 e. The maximum absolute atomic E-state index is 4.79. The van der Waals surface area contributed by atoms with Gasteiger partial charge in [-0.25, -0.2) is 9.98 Å². The van der Waals surface area contributed by atoms with E-state index in [9.17, 15) is 0 Å². The topological polar surface area (TPSA) is 52.6 Å². The number of likely N-dealkylation sites (tertiary alicyclic amines) is 1. The van der Waals surface area contributed by atoms with Gasteiger partial charge in [0.05, 0.1) is 23.3 Å². The first-order valence-electron chi connectivity index (χ1n) is 9.40. The third-order valence-corrected chi connectivity index (χ3v) is 6.67. The average Bonchev–Trinajstić information content (AvgIpc) is 3.36. The van der Waals surface area contributed by atoms with Crippen LogP contribution in [0.5, 0.6) is 0 Å². The zero-order valence-electron chi connectivity index (χ0n) is 16.3. The van der Waals surface area contributed by atoms with Crippen molar-refractivity contribution >= 4 is 52.6 Å². The Bertz CT molecular complexity index is 708. The highest BCUT2D eigenvalue weighted by atomic mass is 127. The molecular formula is C19H30IN5S2. The van der Waals surface area contributed by atoms with Crippen LogP contribution in [0.1, 0.15) is 46.3 Å². The zero-order chi connectivity index (χ0) is 18.4. The first-order chi connectivity index (χ1) is 12.7. The zero-order valence-corrected chi connectivity index (χ0v) is 20.3. The number of hydrogen-bond acceptors (Lipinski definition) is 5. The Kier molecular flexibility index (Phi) is 9.47. The molecule has 0 spiro atoms. The molecule has 5 nitrogen and oxygen atoms in total. The van der Waals surface area contributed by atoms with Gasteiger partial charge in [0.15, 0.2) is 5.96 Å². The van der Waals surface area contributed by atoms with Crippen LogP contribution in [0.4, 0.5) is 0 Å². The van der Waals surface area contributed by atoms with E-state index < -0.39 is 0 Å². The molecule has 27 heavy (non-hydrogen) atoms. The molecule has 1 saturated heterocycles. The van der Waals surface area contributed by atoms with Crippen molar-refractivity contribution in [1.29, 1.82) is 0 Å². The van der Waals surface area contributed by atoms with E-state index in [4.69, 9.17) is 4.99 Å². The lowest BCUT2D eigenvalue weighted by molar-refractivity contribution is 0.249. The fourth-order valence-corrected chi connectivity index (χ4v) is 5.07. The summed E-state index contributed by atoms with van der Waals surface area (Å²) in [6, 6.07) is 4.83. The van der Waals surface area contributed by atoms with Gasteiger partial charge in [-0.15, -0.1) is 46.7 Å². The lowest BCUT2D eigenvalue weighted by Crippen LogP contribution is -2.42. The molecule has 1 aliphatic rings. The molecule has 0 aromatic carbocycles. The Labute approximate surface area is 187 Å². The summed E-state index contributed by atoms with van der Waals surface area (Å²) in [4.78, 5) is 14.6. The number of aryl methyl sites for hydroxylation is 2. The lowest BCUT2D eigenvalue weighted by Gasteiger charge is -2.27. The number of thiazole rings is 1. The van der Waals surface area contributed by atoms with E-state index >= 15 is 0 Å². The minimum absolute atomic E-state index is 0. The molecule has 0 aliphatic carbocycles. The van der Waals surface area contributed by atoms with Crippen LogP contribution in [0.15, 0.2) is 22.5 Å². The van der Waals surface area contributed by atoms with Gasteiger partial charge in [-0.3, -0.25) is 4.90 Å². The van der Waals surface area contributed by atoms with E-state index in [0.29, 0.717) is 12.6 Å². The van der Waals surface area contributed by atoms with Crippen molar-refractivity contribution in [2.24, 2.45) is 4.99 Å². The number of nitrogens with one attached hydrogen (secondary N) is 2. The summed E-state index contributed by atoms with van der Waals surface area (Å²) in [6.07, 6.45) is 2.61. The summed E-state index contributed by atoms with van der Waals surface area (Å²) >= 11 is 3.59. The van der Waals surface area contributed by atoms with Crippen LogP contribution < -0.4 is 10.6 Å². The largest absolute Gasteiger partial charge is 0.357 e. The summed E-state index contributed by atoms with van der Waals surface area (Å²) < 4.78 is 0. The maximum atomic E-state index is 4.79. The minimum Gasteiger partial charge on any atom is -0.357 e. The summed E-state index contributed by atoms with van der Waals surface area (Å²) in [6.45, 7) is 11.0. The highest BCUT2D eigenvalue weighted by Gasteiger charge is 2.24. The number of aromatic nitrogens is 1. The molecule has 2 N–H and O–H groups in total. The van der Waals surface area contributed by atoms with Gasteiger partial charge in [-0.2, -0.15) is 0 Å². The number of aliphatic imine (C=N–C) groups is 1. The van der Waals surface area contributed by atoms with E-state index in [0.717, 1.165) is 29.8 Å². The third-order valence-electron chi connectivity index (χ3n) is 4.64. The van der Waals surface area contributed by atoms with Gasteiger partial charge in [0.2, 0.25) is 0 Å². The molecule has 2 aromatic rings. The van der Waals surface area contributed by atoms with Crippen molar-refractivity contribution in [3.05, 3.63) is 38.0 Å². The van der Waals surface area contributed by atoms with Gasteiger partial charge < -0.3 is 10.6 Å². The van der Waals surface area contributed by atoms with Gasteiger partial charge in [0.1, 0.15) is 0 Å². The molecule has 1 atom stereocenters. The summed E-state index contributed by atoms with van der Waals surface area (Å²) in [5, 5.41) is 10.2. The predicted molar refractivity (Wildman–Crippen MR) is 128 cm³/mol. The van der Waals surface area contributed by atoms with Crippen LogP contribution in [0.25, 0.3) is 0 Å². The van der Waals surface area contributed by atoms with Gasteiger partial charge in [0.25, 0.3) is 0 Å². The van der Waals surface area contributed by atoms with Crippen molar-refractivity contribution in [2.45, 2.75) is 46.2 Å². The van der Waals surface area contributed by atoms with E-state index in [-0.39, 0.29) is 24.0 Å². The highest BCUT2D eigenvalue weighted by Crippen LogP contribution is 2.27. The predicted octanol–water partition coefficient (Wildman–Crippen LogP) is 4.33. The number of nitrogens with zero attached hydrogens (tertiary/aromatic N) is 3. The van der Waals surface area contributed by atoms with E-state index in [2.05, 4.69) is 58.8 Å². The summed E-state index contributed by atoms with van der Waals surface area (Å²) in [7, 11) is 0. The van der Waals surface area contributed by atoms with Crippen molar-refractivity contribution in [3.63, 3.8) is 0 Å². The van der Waals surface area contributed by atoms with Crippen LogP contribution in [-0.2, 0) is 6.54 Å². The van der Waals surface area contributed by atoms with E-state index in [1.807, 2.05) is 11.3 Å². The average molecular weight is 520 g/mol. The number of rotatable bonds is 7. The molecule has 1 aliphatic heterocycles. The molecule has 1 unspecified atom stereocenters. The van der Waals surface area contributed by atoms with E-state index in [1.54, 1.807) is 11.3 Å². The molecule has 8 heteroatoms. The van der Waals surface area contributed by atoms with Crippen LogP contribution in [0.2, 0.25) is 0 Å². The first-order valence-corrected chi connectivity index (χ1v) is 11.1. The molecule has 0 radical (unpaired) electrons. The maximum Gasteiger partial charge on any atom is 0.191 e. The molecule has 150 valence electrons. The van der Waals surface area contributed by atoms with Crippen molar-refractivity contribution in [2.75, 3.05) is 26.2 Å². The molecular weight excluding hydrogens is 489 g/mol. The standard InChI is InChI=1S/C19H29N5S2.HI/c1-4-20-19(22-13-18-14(2)23-15(3)26-18)21-12-16(17-8-7-11-25-17)24-9-5-6-10-24;/h7-8,11,16H,4-6,9-10,12-13H2,1-3H3,(H2,20,21,22);1H. The number of hydrogen-bond donors (Lipinski definition) is 2. The molecule has 3 rings (SSSR count). The van der Waals surface area contributed by atoms with Crippen LogP contribution in [-0.4, -0.2) is 42.0 Å². The van der Waals surface area contributed by atoms with Crippen LogP contribution in [0.3, 0.4) is 0 Å². The summed E-state index contributed by atoms with van der Waals surface area (Å²) in [5.74, 6) is 0.888. The second-order valence-corrected chi connectivity index (χ2v) is 8.86. The fourth-order valence-electron chi connectivity index (χ4n) is 3.35. The second kappa shape index (κ2) is 11.3. The number of thiophene rings is 1. The second-order valence-electron chi connectivity index (χ2n) is 6.59. The SMILES string of the molecule is CCNC(=NCc1sc(C)nc1C)NCC(c1cccs1)N1CCCC1.I. The van der Waals surface area contributed by atoms with Gasteiger partial charge >= 0.3 is 0 Å². The Balaban J connectivity index is 0.00000261. The quantitative estimate of drug-likeness (QED) is 0.325. The van der Waals surface area contributed by atoms with Crippen molar-refractivity contribution < 1.29 is 0 Å². The normalized spacial score (nSPS) is 16.2. The lowest BCUT2D eigenvalue weighted by atomic mass is 10.2. The Morgan fingerprint density at radius 1 is 1.30 bits per heavy atom. The van der Waals surface area contributed by atoms with Gasteiger partial charge in [-0.1, -0.05) is 6.07 Å². The van der Waals surface area contributed by atoms with Crippen molar-refractivity contribution in [1.82, 2.24) is 20.5 Å². The van der Waals surface area contributed by atoms with E-state index in [1.165, 1.54) is 35.7 Å². The van der Waals surface area contributed by atoms with Crippen LogP contribution in [0, 0.1) is 13.8 Å². The fraction of sp³-hybridized carbons (Fsp3) is 0.579. The monoisotopic (exact) mass is 519 g/mol.